The van der Waals surface area contributed by atoms with Crippen LogP contribution in [0.2, 0.25) is 0 Å². The molecular weight excluding hydrogens is 376 g/mol. The maximum Gasteiger partial charge on any atom is 0.225 e. The minimum atomic E-state index is 0.0135. The van der Waals surface area contributed by atoms with Crippen LogP contribution in [0.25, 0.3) is 0 Å². The molecule has 2 aromatic rings. The van der Waals surface area contributed by atoms with Crippen LogP contribution in [-0.4, -0.2) is 49.7 Å². The standard InChI is InChI=1S/C24H30N4O2/c1-19(2)28(18-21-5-3-20(17-25)4-6-21)12-11-24(29)26-22-7-9-23(10-8-22)27-13-15-30-16-14-27/h3-10,19H,11-16,18H2,1-2H3,(H,26,29). The maximum absolute atomic E-state index is 12.5. The Kier molecular flexibility index (Phi) is 7.83. The van der Waals surface area contributed by atoms with Crippen LogP contribution in [-0.2, 0) is 16.1 Å². The van der Waals surface area contributed by atoms with Gasteiger partial charge in [-0.1, -0.05) is 12.1 Å². The van der Waals surface area contributed by atoms with Crippen LogP contribution in [0.1, 0.15) is 31.4 Å². The van der Waals surface area contributed by atoms with Crippen molar-refractivity contribution in [1.82, 2.24) is 4.90 Å². The van der Waals surface area contributed by atoms with E-state index in [1.165, 1.54) is 0 Å². The van der Waals surface area contributed by atoms with E-state index in [1.807, 2.05) is 48.5 Å². The number of nitrogens with zero attached hydrogens (tertiary/aromatic N) is 3. The third-order valence-electron chi connectivity index (χ3n) is 5.35. The van der Waals surface area contributed by atoms with Crippen molar-refractivity contribution in [2.24, 2.45) is 0 Å². The lowest BCUT2D eigenvalue weighted by molar-refractivity contribution is -0.116. The second-order valence-corrected chi connectivity index (χ2v) is 7.82. The molecule has 0 bridgehead atoms. The summed E-state index contributed by atoms with van der Waals surface area (Å²) in [7, 11) is 0. The smallest absolute Gasteiger partial charge is 0.225 e. The summed E-state index contributed by atoms with van der Waals surface area (Å²) >= 11 is 0. The molecule has 0 unspecified atom stereocenters. The molecule has 0 aliphatic carbocycles. The molecule has 30 heavy (non-hydrogen) atoms. The van der Waals surface area contributed by atoms with Crippen LogP contribution < -0.4 is 10.2 Å². The van der Waals surface area contributed by atoms with Gasteiger partial charge in [0.15, 0.2) is 0 Å². The van der Waals surface area contributed by atoms with Gasteiger partial charge in [0.25, 0.3) is 0 Å². The lowest BCUT2D eigenvalue weighted by atomic mass is 10.1. The molecule has 1 amide bonds. The first-order chi connectivity index (χ1) is 14.5. The van der Waals surface area contributed by atoms with E-state index < -0.39 is 0 Å². The highest BCUT2D eigenvalue weighted by atomic mass is 16.5. The van der Waals surface area contributed by atoms with Gasteiger partial charge in [0, 0.05) is 50.0 Å². The molecular formula is C24H30N4O2. The number of ether oxygens (including phenoxy) is 1. The third-order valence-corrected chi connectivity index (χ3v) is 5.35. The number of rotatable bonds is 8. The Balaban J connectivity index is 1.49. The van der Waals surface area contributed by atoms with Crippen LogP contribution in [0.5, 0.6) is 0 Å². The van der Waals surface area contributed by atoms with Gasteiger partial charge < -0.3 is 15.0 Å². The number of hydrogen-bond acceptors (Lipinski definition) is 5. The highest BCUT2D eigenvalue weighted by Gasteiger charge is 2.14. The Morgan fingerprint density at radius 2 is 1.80 bits per heavy atom. The summed E-state index contributed by atoms with van der Waals surface area (Å²) in [6.45, 7) is 9.00. The molecule has 0 spiro atoms. The molecule has 2 aromatic carbocycles. The van der Waals surface area contributed by atoms with Gasteiger partial charge in [-0.15, -0.1) is 0 Å². The summed E-state index contributed by atoms with van der Waals surface area (Å²) in [4.78, 5) is 17.0. The first kappa shape index (κ1) is 21.8. The summed E-state index contributed by atoms with van der Waals surface area (Å²) in [6.07, 6.45) is 0.430. The number of morpholine rings is 1. The fraction of sp³-hybridized carbons (Fsp3) is 0.417. The fourth-order valence-corrected chi connectivity index (χ4v) is 3.48. The van der Waals surface area contributed by atoms with Crippen LogP contribution in [0, 0.1) is 11.3 Å². The number of carbonyl (C=O) groups is 1. The number of nitriles is 1. The second-order valence-electron chi connectivity index (χ2n) is 7.82. The van der Waals surface area contributed by atoms with E-state index in [1.54, 1.807) is 0 Å². The van der Waals surface area contributed by atoms with Gasteiger partial charge in [0.1, 0.15) is 0 Å². The average Bonchev–Trinajstić information content (AvgIpc) is 2.78. The predicted octanol–water partition coefficient (Wildman–Crippen LogP) is 3.63. The van der Waals surface area contributed by atoms with Crippen LogP contribution in [0.3, 0.4) is 0 Å². The maximum atomic E-state index is 12.5. The first-order valence-corrected chi connectivity index (χ1v) is 10.5. The minimum absolute atomic E-state index is 0.0135. The summed E-state index contributed by atoms with van der Waals surface area (Å²) in [5.41, 5.74) is 3.78. The van der Waals surface area contributed by atoms with Gasteiger partial charge in [0.05, 0.1) is 24.8 Å². The molecule has 1 aliphatic rings. The summed E-state index contributed by atoms with van der Waals surface area (Å²) in [5.74, 6) is 0.0135. The van der Waals surface area contributed by atoms with E-state index in [9.17, 15) is 4.79 Å². The van der Waals surface area contributed by atoms with Crippen LogP contribution in [0.15, 0.2) is 48.5 Å². The molecule has 1 N–H and O–H groups in total. The van der Waals surface area contributed by atoms with Crippen molar-refractivity contribution in [2.75, 3.05) is 43.1 Å². The Morgan fingerprint density at radius 3 is 2.40 bits per heavy atom. The number of benzene rings is 2. The van der Waals surface area contributed by atoms with Gasteiger partial charge in [-0.3, -0.25) is 9.69 Å². The molecule has 1 fully saturated rings. The molecule has 1 aliphatic heterocycles. The summed E-state index contributed by atoms with van der Waals surface area (Å²) in [5, 5.41) is 11.9. The zero-order valence-electron chi connectivity index (χ0n) is 17.8. The van der Waals surface area contributed by atoms with Crippen molar-refractivity contribution in [3.05, 3.63) is 59.7 Å². The van der Waals surface area contributed by atoms with E-state index in [0.717, 1.165) is 49.8 Å². The van der Waals surface area contributed by atoms with Crippen LogP contribution in [0.4, 0.5) is 11.4 Å². The van der Waals surface area contributed by atoms with Gasteiger partial charge >= 0.3 is 0 Å². The SMILES string of the molecule is CC(C)N(CCC(=O)Nc1ccc(N2CCOCC2)cc1)Cc1ccc(C#N)cc1. The monoisotopic (exact) mass is 406 g/mol. The zero-order valence-corrected chi connectivity index (χ0v) is 17.8. The minimum Gasteiger partial charge on any atom is -0.378 e. The summed E-state index contributed by atoms with van der Waals surface area (Å²) < 4.78 is 5.39. The van der Waals surface area contributed by atoms with Gasteiger partial charge in [0.2, 0.25) is 5.91 Å². The Morgan fingerprint density at radius 1 is 1.13 bits per heavy atom. The van der Waals surface area contributed by atoms with Gasteiger partial charge in [-0.05, 0) is 55.8 Å². The molecule has 0 atom stereocenters. The van der Waals surface area contributed by atoms with E-state index in [-0.39, 0.29) is 5.91 Å². The van der Waals surface area contributed by atoms with Crippen molar-refractivity contribution in [2.45, 2.75) is 32.9 Å². The number of anilines is 2. The topological polar surface area (TPSA) is 68.6 Å². The fourth-order valence-electron chi connectivity index (χ4n) is 3.48. The van der Waals surface area contributed by atoms with Crippen molar-refractivity contribution >= 4 is 17.3 Å². The van der Waals surface area contributed by atoms with Crippen molar-refractivity contribution in [1.29, 1.82) is 5.26 Å². The second kappa shape index (κ2) is 10.8. The molecule has 0 saturated carbocycles. The summed E-state index contributed by atoms with van der Waals surface area (Å²) in [6, 6.07) is 18.1. The average molecular weight is 407 g/mol. The lowest BCUT2D eigenvalue weighted by Crippen LogP contribution is -2.36. The normalized spacial score (nSPS) is 14.0. The van der Waals surface area contributed by atoms with E-state index in [0.29, 0.717) is 24.6 Å². The zero-order chi connectivity index (χ0) is 21.3. The predicted molar refractivity (Wildman–Crippen MR) is 119 cm³/mol. The molecule has 6 heteroatoms. The highest BCUT2D eigenvalue weighted by Crippen LogP contribution is 2.19. The quantitative estimate of drug-likeness (QED) is 0.725. The Hall–Kier alpha value is -2.88. The molecule has 1 saturated heterocycles. The Bertz CT molecular complexity index is 850. The molecule has 0 radical (unpaired) electrons. The van der Waals surface area contributed by atoms with Gasteiger partial charge in [-0.25, -0.2) is 0 Å². The van der Waals surface area contributed by atoms with E-state index in [4.69, 9.17) is 10.00 Å². The number of amides is 1. The molecule has 158 valence electrons. The van der Waals surface area contributed by atoms with Crippen LogP contribution >= 0.6 is 0 Å². The lowest BCUT2D eigenvalue weighted by Gasteiger charge is -2.29. The number of hydrogen-bond donors (Lipinski definition) is 1. The largest absolute Gasteiger partial charge is 0.378 e. The van der Waals surface area contributed by atoms with Crippen molar-refractivity contribution < 1.29 is 9.53 Å². The molecule has 0 aromatic heterocycles. The van der Waals surface area contributed by atoms with Gasteiger partial charge in [-0.2, -0.15) is 5.26 Å². The molecule has 1 heterocycles. The Labute approximate surface area is 179 Å². The molecule has 3 rings (SSSR count). The highest BCUT2D eigenvalue weighted by molar-refractivity contribution is 5.91. The first-order valence-electron chi connectivity index (χ1n) is 10.5. The number of carbonyl (C=O) groups excluding carboxylic acids is 1. The molecule has 6 nitrogen and oxygen atoms in total. The van der Waals surface area contributed by atoms with Crippen molar-refractivity contribution in [3.63, 3.8) is 0 Å². The van der Waals surface area contributed by atoms with Crippen molar-refractivity contribution in [3.8, 4) is 6.07 Å². The van der Waals surface area contributed by atoms with E-state index >= 15 is 0 Å². The van der Waals surface area contributed by atoms with E-state index in [2.05, 4.69) is 35.0 Å². The number of nitrogens with one attached hydrogen (secondary N) is 1. The third kappa shape index (κ3) is 6.31.